The molecule has 0 radical (unpaired) electrons. The Labute approximate surface area is 168 Å². The lowest BCUT2D eigenvalue weighted by atomic mass is 10.2. The summed E-state index contributed by atoms with van der Waals surface area (Å²) in [6.45, 7) is -0.451. The van der Waals surface area contributed by atoms with Gasteiger partial charge in [-0.2, -0.15) is 8.78 Å². The van der Waals surface area contributed by atoms with Gasteiger partial charge in [-0.25, -0.2) is 0 Å². The number of esters is 1. The Morgan fingerprint density at radius 3 is 2.79 bits per heavy atom. The zero-order valence-electron chi connectivity index (χ0n) is 14.9. The van der Waals surface area contributed by atoms with Crippen LogP contribution in [0.25, 0.3) is 10.7 Å². The van der Waals surface area contributed by atoms with E-state index in [4.69, 9.17) is 4.74 Å². The van der Waals surface area contributed by atoms with E-state index in [9.17, 15) is 13.6 Å². The number of hydrogen-bond donors (Lipinski definition) is 0. The normalized spacial score (nSPS) is 11.0. The van der Waals surface area contributed by atoms with Gasteiger partial charge in [0.05, 0.1) is 10.6 Å². The molecular weight excluding hydrogens is 408 g/mol. The molecule has 0 N–H and O–H groups in total. The Morgan fingerprint density at radius 2 is 2.07 bits per heavy atom. The van der Waals surface area contributed by atoms with Crippen LogP contribution < -0.4 is 4.74 Å². The van der Waals surface area contributed by atoms with Gasteiger partial charge in [0, 0.05) is 12.1 Å². The average Bonchev–Trinajstić information content (AvgIpc) is 3.34. The van der Waals surface area contributed by atoms with Gasteiger partial charge in [0.25, 0.3) is 0 Å². The third kappa shape index (κ3) is 5.08. The third-order valence-electron chi connectivity index (χ3n) is 3.67. The number of benzene rings is 1. The summed E-state index contributed by atoms with van der Waals surface area (Å²) in [4.78, 5) is 13.1. The molecule has 2 heterocycles. The van der Waals surface area contributed by atoms with Crippen LogP contribution in [-0.4, -0.2) is 33.1 Å². The van der Waals surface area contributed by atoms with Gasteiger partial charge in [0.1, 0.15) is 12.4 Å². The van der Waals surface area contributed by atoms with Crippen LogP contribution in [-0.2, 0) is 22.7 Å². The minimum absolute atomic E-state index is 0.00994. The highest BCUT2D eigenvalue weighted by atomic mass is 32.2. The Hall–Kier alpha value is -2.46. The zero-order valence-corrected chi connectivity index (χ0v) is 16.5. The maximum absolute atomic E-state index is 12.4. The second kappa shape index (κ2) is 9.65. The number of halogens is 2. The Kier molecular flexibility index (Phi) is 6.99. The summed E-state index contributed by atoms with van der Waals surface area (Å²) in [6, 6.07) is 10.1. The molecule has 1 aromatic carbocycles. The molecule has 3 aromatic rings. The zero-order chi connectivity index (χ0) is 19.9. The van der Waals surface area contributed by atoms with Gasteiger partial charge in [-0.3, -0.25) is 4.79 Å². The number of aromatic nitrogens is 3. The fourth-order valence-electron chi connectivity index (χ4n) is 2.43. The van der Waals surface area contributed by atoms with E-state index in [1.165, 1.54) is 17.8 Å². The molecule has 0 bridgehead atoms. The van der Waals surface area contributed by atoms with Crippen LogP contribution >= 0.6 is 23.1 Å². The van der Waals surface area contributed by atoms with Gasteiger partial charge in [0.15, 0.2) is 11.0 Å². The molecule has 28 heavy (non-hydrogen) atoms. The van der Waals surface area contributed by atoms with Crippen molar-refractivity contribution in [3.8, 4) is 16.5 Å². The molecule has 6 nitrogen and oxygen atoms in total. The predicted molar refractivity (Wildman–Crippen MR) is 103 cm³/mol. The SMILES string of the molecule is CCn1c(SCC(=O)OCc2ccccc2OC(F)F)nnc1-c1cccs1. The van der Waals surface area contributed by atoms with Crippen LogP contribution in [0.4, 0.5) is 8.78 Å². The number of hydrogen-bond acceptors (Lipinski definition) is 7. The molecule has 0 saturated heterocycles. The first kappa shape index (κ1) is 20.3. The maximum Gasteiger partial charge on any atom is 0.387 e. The second-order valence-corrected chi connectivity index (χ2v) is 7.35. The topological polar surface area (TPSA) is 66.2 Å². The number of thiophene rings is 1. The number of ether oxygens (including phenoxy) is 2. The van der Waals surface area contributed by atoms with Crippen LogP contribution in [0, 0.1) is 0 Å². The van der Waals surface area contributed by atoms with Gasteiger partial charge in [-0.05, 0) is 24.4 Å². The first-order valence-corrected chi connectivity index (χ1v) is 10.2. The molecule has 0 aliphatic heterocycles. The molecule has 2 aromatic heterocycles. The standard InChI is InChI=1S/C18H17F2N3O3S2/c1-2-23-16(14-8-5-9-27-14)21-22-18(23)28-11-15(24)25-10-12-6-3-4-7-13(12)26-17(19)20/h3-9,17H,2,10-11H2,1H3. The van der Waals surface area contributed by atoms with Crippen molar-refractivity contribution in [3.05, 3.63) is 47.3 Å². The van der Waals surface area contributed by atoms with E-state index in [1.54, 1.807) is 29.5 Å². The van der Waals surface area contributed by atoms with Gasteiger partial charge >= 0.3 is 12.6 Å². The van der Waals surface area contributed by atoms with Crippen molar-refractivity contribution in [1.29, 1.82) is 0 Å². The summed E-state index contributed by atoms with van der Waals surface area (Å²) in [5.41, 5.74) is 0.373. The minimum Gasteiger partial charge on any atom is -0.460 e. The number of rotatable bonds is 9. The Balaban J connectivity index is 1.57. The van der Waals surface area contributed by atoms with Crippen LogP contribution in [0.1, 0.15) is 12.5 Å². The molecule has 0 spiro atoms. The molecule has 10 heteroatoms. The molecule has 0 fully saturated rings. The molecule has 3 rings (SSSR count). The first-order chi connectivity index (χ1) is 13.6. The molecule has 0 saturated carbocycles. The molecule has 0 atom stereocenters. The molecule has 148 valence electrons. The maximum atomic E-state index is 12.4. The van der Waals surface area contributed by atoms with Gasteiger partial charge in [-0.15, -0.1) is 21.5 Å². The van der Waals surface area contributed by atoms with Crippen LogP contribution in [0.2, 0.25) is 0 Å². The molecule has 0 unspecified atom stereocenters. The van der Waals surface area contributed by atoms with Crippen molar-refractivity contribution < 1.29 is 23.0 Å². The van der Waals surface area contributed by atoms with E-state index >= 15 is 0 Å². The van der Waals surface area contributed by atoms with Gasteiger partial charge < -0.3 is 14.0 Å². The number of thioether (sulfide) groups is 1. The monoisotopic (exact) mass is 425 g/mol. The van der Waals surface area contributed by atoms with Crippen molar-refractivity contribution in [2.75, 3.05) is 5.75 Å². The lowest BCUT2D eigenvalue weighted by Crippen LogP contribution is -2.10. The van der Waals surface area contributed by atoms with E-state index in [0.29, 0.717) is 17.3 Å². The highest BCUT2D eigenvalue weighted by molar-refractivity contribution is 7.99. The summed E-state index contributed by atoms with van der Waals surface area (Å²) in [5, 5.41) is 10.9. The smallest absolute Gasteiger partial charge is 0.387 e. The number of nitrogens with zero attached hydrogens (tertiary/aromatic N) is 3. The summed E-state index contributed by atoms with van der Waals surface area (Å²) >= 11 is 2.78. The number of alkyl halides is 2. The van der Waals surface area contributed by atoms with E-state index in [1.807, 2.05) is 29.0 Å². The van der Waals surface area contributed by atoms with Gasteiger partial charge in [-0.1, -0.05) is 36.0 Å². The lowest BCUT2D eigenvalue weighted by molar-refractivity contribution is -0.141. The van der Waals surface area contributed by atoms with Crippen molar-refractivity contribution >= 4 is 29.1 Å². The van der Waals surface area contributed by atoms with Crippen molar-refractivity contribution in [2.24, 2.45) is 0 Å². The van der Waals surface area contributed by atoms with E-state index in [-0.39, 0.29) is 18.1 Å². The Bertz CT molecular complexity index is 917. The second-order valence-electron chi connectivity index (χ2n) is 5.46. The van der Waals surface area contributed by atoms with Crippen LogP contribution in [0.15, 0.2) is 46.9 Å². The van der Waals surface area contributed by atoms with Crippen molar-refractivity contribution in [1.82, 2.24) is 14.8 Å². The fraction of sp³-hybridized carbons (Fsp3) is 0.278. The summed E-state index contributed by atoms with van der Waals surface area (Å²) in [5.74, 6) is 0.288. The highest BCUT2D eigenvalue weighted by Crippen LogP contribution is 2.27. The molecule has 0 aliphatic rings. The molecule has 0 aliphatic carbocycles. The Morgan fingerprint density at radius 1 is 1.25 bits per heavy atom. The van der Waals surface area contributed by atoms with E-state index in [2.05, 4.69) is 14.9 Å². The fourth-order valence-corrected chi connectivity index (χ4v) is 3.94. The summed E-state index contributed by atoms with van der Waals surface area (Å²) in [7, 11) is 0. The van der Waals surface area contributed by atoms with Crippen LogP contribution in [0.5, 0.6) is 5.75 Å². The third-order valence-corrected chi connectivity index (χ3v) is 5.48. The quantitative estimate of drug-likeness (QED) is 0.372. The highest BCUT2D eigenvalue weighted by Gasteiger charge is 2.16. The van der Waals surface area contributed by atoms with E-state index in [0.717, 1.165) is 10.7 Å². The van der Waals surface area contributed by atoms with Crippen molar-refractivity contribution in [3.63, 3.8) is 0 Å². The lowest BCUT2D eigenvalue weighted by Gasteiger charge is -2.11. The predicted octanol–water partition coefficient (Wildman–Crippen LogP) is 4.46. The summed E-state index contributed by atoms with van der Waals surface area (Å²) < 4.78 is 36.4. The largest absolute Gasteiger partial charge is 0.460 e. The minimum atomic E-state index is -2.94. The summed E-state index contributed by atoms with van der Waals surface area (Å²) in [6.07, 6.45) is 0. The number of carbonyl (C=O) groups excluding carboxylic acids is 1. The van der Waals surface area contributed by atoms with Gasteiger partial charge in [0.2, 0.25) is 0 Å². The average molecular weight is 425 g/mol. The number of para-hydroxylation sites is 1. The first-order valence-electron chi connectivity index (χ1n) is 8.36. The molecular formula is C18H17F2N3O3S2. The molecule has 0 amide bonds. The van der Waals surface area contributed by atoms with Crippen LogP contribution in [0.3, 0.4) is 0 Å². The van der Waals surface area contributed by atoms with Crippen molar-refractivity contribution in [2.45, 2.75) is 31.8 Å². The van der Waals surface area contributed by atoms with E-state index < -0.39 is 12.6 Å². The number of carbonyl (C=O) groups is 1.